The summed E-state index contributed by atoms with van der Waals surface area (Å²) in [6.45, 7) is 6.18. The zero-order valence-electron chi connectivity index (χ0n) is 9.65. The number of pyridine rings is 1. The predicted molar refractivity (Wildman–Crippen MR) is 63.0 cm³/mol. The van der Waals surface area contributed by atoms with Gasteiger partial charge in [0.05, 0.1) is 5.52 Å². The van der Waals surface area contributed by atoms with Crippen molar-refractivity contribution in [3.8, 4) is 6.07 Å². The summed E-state index contributed by atoms with van der Waals surface area (Å²) >= 11 is 0. The summed E-state index contributed by atoms with van der Waals surface area (Å²) in [6.07, 6.45) is 1.81. The average Bonchev–Trinajstić information content (AvgIpc) is 2.54. The van der Waals surface area contributed by atoms with Gasteiger partial charge in [0.25, 0.3) is 0 Å². The van der Waals surface area contributed by atoms with Crippen molar-refractivity contribution < 1.29 is 0 Å². The van der Waals surface area contributed by atoms with Crippen molar-refractivity contribution in [1.29, 1.82) is 5.26 Å². The van der Waals surface area contributed by atoms with Crippen LogP contribution >= 0.6 is 0 Å². The molecule has 2 heterocycles. The molecule has 0 aliphatic heterocycles. The molecule has 2 aromatic rings. The minimum Gasteiger partial charge on any atom is -0.398 e. The van der Waals surface area contributed by atoms with E-state index in [0.717, 1.165) is 11.3 Å². The highest BCUT2D eigenvalue weighted by atomic mass is 15.0. The standard InChI is InChI=1S/C12H14N4/c1-12(2,3)11-15-9(6-13)10-5-4-8(14)7-16(10)11/h4-5,7H,14H2,1-3H3. The number of nitrogens with two attached hydrogens (primary N) is 1. The lowest BCUT2D eigenvalue weighted by atomic mass is 9.96. The fraction of sp³-hybridized carbons (Fsp3) is 0.333. The summed E-state index contributed by atoms with van der Waals surface area (Å²) in [7, 11) is 0. The largest absolute Gasteiger partial charge is 0.398 e. The molecular formula is C12H14N4. The van der Waals surface area contributed by atoms with Gasteiger partial charge in [0.2, 0.25) is 0 Å². The van der Waals surface area contributed by atoms with E-state index in [9.17, 15) is 0 Å². The molecule has 0 amide bonds. The van der Waals surface area contributed by atoms with E-state index in [-0.39, 0.29) is 5.41 Å². The van der Waals surface area contributed by atoms with Crippen molar-refractivity contribution in [2.45, 2.75) is 26.2 Å². The third kappa shape index (κ3) is 1.50. The molecule has 0 radical (unpaired) electrons. The molecule has 16 heavy (non-hydrogen) atoms. The fourth-order valence-electron chi connectivity index (χ4n) is 1.71. The second kappa shape index (κ2) is 3.24. The first-order chi connectivity index (χ1) is 7.43. The highest BCUT2D eigenvalue weighted by molar-refractivity contribution is 5.62. The number of imidazole rings is 1. The summed E-state index contributed by atoms with van der Waals surface area (Å²) in [5, 5.41) is 9.03. The Morgan fingerprint density at radius 3 is 2.62 bits per heavy atom. The van der Waals surface area contributed by atoms with Gasteiger partial charge < -0.3 is 5.73 Å². The van der Waals surface area contributed by atoms with Crippen molar-refractivity contribution in [1.82, 2.24) is 9.38 Å². The molecule has 0 atom stereocenters. The lowest BCUT2D eigenvalue weighted by Gasteiger charge is -2.16. The molecule has 4 heteroatoms. The minimum absolute atomic E-state index is 0.119. The first kappa shape index (κ1) is 10.5. The number of nitriles is 1. The maximum absolute atomic E-state index is 9.03. The van der Waals surface area contributed by atoms with E-state index in [0.29, 0.717) is 11.4 Å². The number of aromatic nitrogens is 2. The highest BCUT2D eigenvalue weighted by Crippen LogP contribution is 2.25. The zero-order valence-corrected chi connectivity index (χ0v) is 9.65. The molecule has 4 nitrogen and oxygen atoms in total. The van der Waals surface area contributed by atoms with Crippen LogP contribution < -0.4 is 5.73 Å². The van der Waals surface area contributed by atoms with Gasteiger partial charge in [-0.3, -0.25) is 4.40 Å². The van der Waals surface area contributed by atoms with E-state index in [4.69, 9.17) is 11.0 Å². The molecule has 0 aromatic carbocycles. The lowest BCUT2D eigenvalue weighted by Crippen LogP contribution is -2.16. The molecule has 0 spiro atoms. The van der Waals surface area contributed by atoms with Crippen LogP contribution in [0.1, 0.15) is 32.3 Å². The second-order valence-electron chi connectivity index (χ2n) is 4.86. The summed E-state index contributed by atoms with van der Waals surface area (Å²) in [5.41, 5.74) is 7.56. The molecular weight excluding hydrogens is 200 g/mol. The van der Waals surface area contributed by atoms with Crippen molar-refractivity contribution in [3.05, 3.63) is 29.8 Å². The molecule has 2 rings (SSSR count). The second-order valence-corrected chi connectivity index (χ2v) is 4.86. The van der Waals surface area contributed by atoms with E-state index in [1.807, 2.05) is 16.7 Å². The summed E-state index contributed by atoms with van der Waals surface area (Å²) in [4.78, 5) is 4.37. The number of nitrogen functional groups attached to an aromatic ring is 1. The predicted octanol–water partition coefficient (Wildman–Crippen LogP) is 2.09. The van der Waals surface area contributed by atoms with Crippen LogP contribution in [0.3, 0.4) is 0 Å². The topological polar surface area (TPSA) is 67.1 Å². The van der Waals surface area contributed by atoms with Gasteiger partial charge >= 0.3 is 0 Å². The van der Waals surface area contributed by atoms with Gasteiger partial charge in [-0.05, 0) is 12.1 Å². The molecule has 82 valence electrons. The Kier molecular flexibility index (Phi) is 2.13. The summed E-state index contributed by atoms with van der Waals surface area (Å²) < 4.78 is 1.90. The molecule has 0 aliphatic rings. The fourth-order valence-corrected chi connectivity index (χ4v) is 1.71. The van der Waals surface area contributed by atoms with E-state index >= 15 is 0 Å². The molecule has 0 unspecified atom stereocenters. The van der Waals surface area contributed by atoms with Crippen LogP contribution in [-0.2, 0) is 5.41 Å². The Hall–Kier alpha value is -2.02. The monoisotopic (exact) mass is 214 g/mol. The van der Waals surface area contributed by atoms with Crippen LogP contribution in [0, 0.1) is 11.3 Å². The lowest BCUT2D eigenvalue weighted by molar-refractivity contribution is 0.543. The first-order valence-corrected chi connectivity index (χ1v) is 5.11. The molecule has 0 bridgehead atoms. The van der Waals surface area contributed by atoms with E-state index in [1.165, 1.54) is 0 Å². The van der Waals surface area contributed by atoms with Crippen molar-refractivity contribution in [3.63, 3.8) is 0 Å². The van der Waals surface area contributed by atoms with Crippen molar-refractivity contribution in [2.24, 2.45) is 0 Å². The van der Waals surface area contributed by atoms with Crippen LogP contribution in [0.15, 0.2) is 18.3 Å². The summed E-state index contributed by atoms with van der Waals surface area (Å²) in [6, 6.07) is 5.72. The van der Waals surface area contributed by atoms with Gasteiger partial charge in [0.1, 0.15) is 11.9 Å². The van der Waals surface area contributed by atoms with Gasteiger partial charge in [-0.2, -0.15) is 5.26 Å². The van der Waals surface area contributed by atoms with Crippen molar-refractivity contribution >= 4 is 11.2 Å². The van der Waals surface area contributed by atoms with Gasteiger partial charge in [-0.25, -0.2) is 4.98 Å². The van der Waals surface area contributed by atoms with Crippen LogP contribution in [0.4, 0.5) is 5.69 Å². The Bertz CT molecular complexity index is 581. The Balaban J connectivity index is 2.86. The Morgan fingerprint density at radius 2 is 2.06 bits per heavy atom. The quantitative estimate of drug-likeness (QED) is 0.730. The molecule has 0 fully saturated rings. The molecule has 0 aliphatic carbocycles. The number of rotatable bonds is 0. The smallest absolute Gasteiger partial charge is 0.166 e. The number of anilines is 1. The third-order valence-corrected chi connectivity index (χ3v) is 2.44. The Labute approximate surface area is 94.3 Å². The van der Waals surface area contributed by atoms with Crippen LogP contribution in [0.25, 0.3) is 5.52 Å². The van der Waals surface area contributed by atoms with Crippen LogP contribution in [-0.4, -0.2) is 9.38 Å². The van der Waals surface area contributed by atoms with E-state index in [1.54, 1.807) is 6.07 Å². The highest BCUT2D eigenvalue weighted by Gasteiger charge is 2.22. The van der Waals surface area contributed by atoms with E-state index < -0.39 is 0 Å². The number of fused-ring (bicyclic) bond motifs is 1. The first-order valence-electron chi connectivity index (χ1n) is 5.11. The maximum Gasteiger partial charge on any atom is 0.166 e. The van der Waals surface area contributed by atoms with Crippen LogP contribution in [0.2, 0.25) is 0 Å². The van der Waals surface area contributed by atoms with E-state index in [2.05, 4.69) is 31.8 Å². The molecule has 2 aromatic heterocycles. The van der Waals surface area contributed by atoms with Gasteiger partial charge in [0, 0.05) is 17.3 Å². The molecule has 0 saturated carbocycles. The molecule has 0 saturated heterocycles. The van der Waals surface area contributed by atoms with Crippen molar-refractivity contribution in [2.75, 3.05) is 5.73 Å². The number of hydrogen-bond donors (Lipinski definition) is 1. The average molecular weight is 214 g/mol. The normalized spacial score (nSPS) is 11.6. The molecule has 2 N–H and O–H groups in total. The Morgan fingerprint density at radius 1 is 1.38 bits per heavy atom. The SMILES string of the molecule is CC(C)(C)c1nc(C#N)c2ccc(N)cn12. The number of nitrogens with zero attached hydrogens (tertiary/aromatic N) is 3. The van der Waals surface area contributed by atoms with Gasteiger partial charge in [0.15, 0.2) is 5.69 Å². The summed E-state index contributed by atoms with van der Waals surface area (Å²) in [5.74, 6) is 0.853. The zero-order chi connectivity index (χ0) is 11.9. The van der Waals surface area contributed by atoms with Crippen LogP contribution in [0.5, 0.6) is 0 Å². The number of hydrogen-bond acceptors (Lipinski definition) is 3. The minimum atomic E-state index is -0.119. The third-order valence-electron chi connectivity index (χ3n) is 2.44. The maximum atomic E-state index is 9.03. The van der Waals surface area contributed by atoms with Gasteiger partial charge in [-0.15, -0.1) is 0 Å². The van der Waals surface area contributed by atoms with Gasteiger partial charge in [-0.1, -0.05) is 20.8 Å².